The summed E-state index contributed by atoms with van der Waals surface area (Å²) in [6.45, 7) is 7.44. The van der Waals surface area contributed by atoms with E-state index < -0.39 is 0 Å². The molecule has 48 heavy (non-hydrogen) atoms. The van der Waals surface area contributed by atoms with Crippen LogP contribution in [0.15, 0.2) is 243 Å². The van der Waals surface area contributed by atoms with E-state index in [1.54, 1.807) is 0 Å². The fourth-order valence-electron chi connectivity index (χ4n) is 2.92. The van der Waals surface area contributed by atoms with Crippen LogP contribution in [0.25, 0.3) is 0 Å². The summed E-state index contributed by atoms with van der Waals surface area (Å²) < 4.78 is 0. The van der Waals surface area contributed by atoms with Crippen LogP contribution in [-0.2, 0) is 52.4 Å². The van der Waals surface area contributed by atoms with Gasteiger partial charge in [-0.1, -0.05) is 12.1 Å². The van der Waals surface area contributed by atoms with Crippen LogP contribution >= 0.6 is 0 Å². The molecule has 0 N–H and O–H groups in total. The monoisotopic (exact) mass is 776 g/mol. The zero-order valence-corrected chi connectivity index (χ0v) is 32.4. The summed E-state index contributed by atoms with van der Waals surface area (Å²) >= 11 is 0. The van der Waals surface area contributed by atoms with Crippen molar-refractivity contribution in [3.05, 3.63) is 280 Å². The Bertz CT molecular complexity index is 1190. The third kappa shape index (κ3) is 36.3. The van der Waals surface area contributed by atoms with Crippen molar-refractivity contribution in [1.82, 2.24) is 0 Å². The van der Waals surface area contributed by atoms with Crippen molar-refractivity contribution in [2.45, 2.75) is 0 Å². The maximum Gasteiger partial charge on any atom is 4.00 e. The first kappa shape index (κ1) is 45.9. The van der Waals surface area contributed by atoms with Crippen molar-refractivity contribution in [3.8, 4) is 0 Å². The van der Waals surface area contributed by atoms with E-state index in [2.05, 4.69) is 26.0 Å². The van der Waals surface area contributed by atoms with E-state index in [0.29, 0.717) is 0 Å². The number of benzene rings is 4. The van der Waals surface area contributed by atoms with E-state index in [-0.39, 0.29) is 52.4 Å². The van der Waals surface area contributed by atoms with Crippen LogP contribution in [-0.4, -0.2) is 0 Å². The fraction of sp³-hybridized carbons (Fsp3) is 0. The first-order valence-electron chi connectivity index (χ1n) is 15.0. The second kappa shape index (κ2) is 39.0. The van der Waals surface area contributed by atoms with E-state index in [1.807, 2.05) is 243 Å². The molecule has 0 aromatic heterocycles. The summed E-state index contributed by atoms with van der Waals surface area (Å²) in [5.74, 6) is 0. The molecule has 0 spiro atoms. The van der Waals surface area contributed by atoms with Crippen molar-refractivity contribution < 1.29 is 52.4 Å². The topological polar surface area (TPSA) is 0 Å². The molecule has 0 aliphatic rings. The van der Waals surface area contributed by atoms with Crippen LogP contribution in [0.5, 0.6) is 0 Å². The molecule has 8 aromatic carbocycles. The van der Waals surface area contributed by atoms with E-state index in [4.69, 9.17) is 0 Å². The van der Waals surface area contributed by atoms with Gasteiger partial charge < -0.3 is 0 Å². The van der Waals surface area contributed by atoms with Gasteiger partial charge in [0.1, 0.15) is 0 Å². The Kier molecular flexibility index (Phi) is 37.3. The first-order chi connectivity index (χ1) is 22.8. The minimum atomic E-state index is 0. The third-order valence-corrected chi connectivity index (χ3v) is 5.12. The average Bonchev–Trinajstić information content (AvgIpc) is 3.98. The molecular formula is C46H44Zr2. The van der Waals surface area contributed by atoms with Crippen LogP contribution in [0.3, 0.4) is 0 Å². The zero-order valence-electron chi connectivity index (χ0n) is 27.5. The molecule has 0 radical (unpaired) electrons. The minimum Gasteiger partial charge on any atom is -0.214 e. The molecule has 0 heterocycles. The molecule has 8 aromatic rings. The number of hydrogen-bond donors (Lipinski definition) is 0. The van der Waals surface area contributed by atoms with Crippen LogP contribution in [0, 0.1) is 26.0 Å². The smallest absolute Gasteiger partial charge is 0.214 e. The normalized spacial score (nSPS) is 7.83. The van der Waals surface area contributed by atoms with Crippen molar-refractivity contribution in [1.29, 1.82) is 0 Å². The molecule has 0 saturated carbocycles. The molecule has 0 bridgehead atoms. The van der Waals surface area contributed by atoms with Gasteiger partial charge >= 0.3 is 52.4 Å². The van der Waals surface area contributed by atoms with Gasteiger partial charge in [-0.25, -0.2) is 48.5 Å². The molecule has 0 nitrogen and oxygen atoms in total. The summed E-state index contributed by atoms with van der Waals surface area (Å²) in [7, 11) is 0. The Hall–Kier alpha value is -4.21. The largest absolute Gasteiger partial charge is 4.00 e. The molecule has 0 unspecified atom stereocenters. The summed E-state index contributed by atoms with van der Waals surface area (Å²) in [6, 6.07) is 84.7. The van der Waals surface area contributed by atoms with Gasteiger partial charge in [0.25, 0.3) is 0 Å². The molecular weight excluding hydrogens is 735 g/mol. The Morgan fingerprint density at radius 1 is 0.292 bits per heavy atom. The van der Waals surface area contributed by atoms with Gasteiger partial charge in [-0.15, -0.1) is 24.3 Å². The van der Waals surface area contributed by atoms with Crippen molar-refractivity contribution in [2.24, 2.45) is 0 Å². The van der Waals surface area contributed by atoms with E-state index in [9.17, 15) is 0 Å². The van der Waals surface area contributed by atoms with E-state index >= 15 is 0 Å². The van der Waals surface area contributed by atoms with Gasteiger partial charge in [-0.3, -0.25) is 0 Å². The summed E-state index contributed by atoms with van der Waals surface area (Å²) in [4.78, 5) is 0. The van der Waals surface area contributed by atoms with Gasteiger partial charge in [0, 0.05) is 0 Å². The molecule has 0 amide bonds. The second-order valence-corrected chi connectivity index (χ2v) is 8.97. The summed E-state index contributed by atoms with van der Waals surface area (Å²) in [6.07, 6.45) is 0. The predicted molar refractivity (Wildman–Crippen MR) is 200 cm³/mol. The molecule has 0 aliphatic carbocycles. The Morgan fingerprint density at radius 2 is 0.500 bits per heavy atom. The van der Waals surface area contributed by atoms with Gasteiger partial charge in [-0.05, 0) is 0 Å². The molecule has 0 atom stereocenters. The second-order valence-electron chi connectivity index (χ2n) is 8.97. The standard InChI is InChI=1S/2C7H7.2C6H5.4C5H5.2Zr/c2*1-7-5-3-2-4-6-7;2*1-2-4-6-5-3-1;4*1-2-4-5-3-1;;/h2*2-6H,1H2;2*1-5H;4*1-5H;;/q8*-1;2*+4. The Morgan fingerprint density at radius 3 is 0.583 bits per heavy atom. The van der Waals surface area contributed by atoms with Gasteiger partial charge in [0.2, 0.25) is 0 Å². The van der Waals surface area contributed by atoms with Crippen LogP contribution in [0.2, 0.25) is 0 Å². The van der Waals surface area contributed by atoms with Gasteiger partial charge in [-0.2, -0.15) is 195 Å². The molecule has 8 rings (SSSR count). The number of hydrogen-bond acceptors (Lipinski definition) is 0. The molecule has 236 valence electrons. The zero-order chi connectivity index (χ0) is 32.9. The van der Waals surface area contributed by atoms with Crippen molar-refractivity contribution >= 4 is 0 Å². The van der Waals surface area contributed by atoms with E-state index in [0.717, 1.165) is 11.1 Å². The Labute approximate surface area is 329 Å². The molecule has 2 heteroatoms. The third-order valence-electron chi connectivity index (χ3n) is 5.12. The molecule has 0 aliphatic heterocycles. The number of rotatable bonds is 0. The maximum atomic E-state index is 3.72. The van der Waals surface area contributed by atoms with Crippen LogP contribution in [0.4, 0.5) is 0 Å². The quantitative estimate of drug-likeness (QED) is 0.135. The van der Waals surface area contributed by atoms with E-state index in [1.165, 1.54) is 0 Å². The predicted octanol–water partition coefficient (Wildman–Crippen LogP) is 12.3. The summed E-state index contributed by atoms with van der Waals surface area (Å²) in [5, 5.41) is 0. The molecule has 0 fully saturated rings. The van der Waals surface area contributed by atoms with Gasteiger partial charge in [0.05, 0.1) is 0 Å². The first-order valence-corrected chi connectivity index (χ1v) is 15.0. The Balaban J connectivity index is 0. The van der Waals surface area contributed by atoms with Gasteiger partial charge in [0.15, 0.2) is 0 Å². The maximum absolute atomic E-state index is 3.72. The molecule has 0 saturated heterocycles. The van der Waals surface area contributed by atoms with Crippen molar-refractivity contribution in [3.63, 3.8) is 0 Å². The van der Waals surface area contributed by atoms with Crippen molar-refractivity contribution in [2.75, 3.05) is 0 Å². The minimum absolute atomic E-state index is 0. The van der Waals surface area contributed by atoms with Crippen LogP contribution < -0.4 is 0 Å². The summed E-state index contributed by atoms with van der Waals surface area (Å²) in [5.41, 5.74) is 2.14. The van der Waals surface area contributed by atoms with Crippen LogP contribution in [0.1, 0.15) is 11.1 Å². The average molecular weight is 779 g/mol. The SMILES string of the molecule is [CH2-]c1ccccc1.[CH2-]c1ccccc1.[Zr+4].[Zr+4].[c-]1ccccc1.[c-]1ccccc1.c1cc[cH-]c1.c1cc[cH-]c1.c1cc[cH-]c1.c1cc[cH-]c1. The fourth-order valence-corrected chi connectivity index (χ4v) is 2.92.